The summed E-state index contributed by atoms with van der Waals surface area (Å²) in [4.78, 5) is 12.7. The fourth-order valence-corrected chi connectivity index (χ4v) is 4.68. The number of nitrogens with one attached hydrogen (secondary N) is 2. The zero-order valence-corrected chi connectivity index (χ0v) is 17.1. The Balaban J connectivity index is 1.66. The second kappa shape index (κ2) is 9.24. The SMILES string of the molecule is Cc1ccccc1NS(=O)(=O)c1ccc(C(=O)NC2CCCCCCC2)cc1. The summed E-state index contributed by atoms with van der Waals surface area (Å²) in [5, 5.41) is 3.10. The van der Waals surface area contributed by atoms with E-state index in [1.54, 1.807) is 24.3 Å². The lowest BCUT2D eigenvalue weighted by Gasteiger charge is -2.21. The van der Waals surface area contributed by atoms with Crippen LogP contribution < -0.4 is 10.0 Å². The average molecular weight is 401 g/mol. The third-order valence-corrected chi connectivity index (χ3v) is 6.64. The number of benzene rings is 2. The van der Waals surface area contributed by atoms with Crippen molar-refractivity contribution in [3.63, 3.8) is 0 Å². The average Bonchev–Trinajstić information content (AvgIpc) is 2.65. The zero-order chi connectivity index (χ0) is 20.0. The van der Waals surface area contributed by atoms with Crippen molar-refractivity contribution < 1.29 is 13.2 Å². The van der Waals surface area contributed by atoms with Crippen molar-refractivity contribution in [2.24, 2.45) is 0 Å². The van der Waals surface area contributed by atoms with Crippen molar-refractivity contribution >= 4 is 21.6 Å². The monoisotopic (exact) mass is 400 g/mol. The minimum absolute atomic E-state index is 0.137. The Kier molecular flexibility index (Phi) is 6.73. The number of hydrogen-bond donors (Lipinski definition) is 2. The number of sulfonamides is 1. The highest BCUT2D eigenvalue weighted by Crippen LogP contribution is 2.20. The molecule has 1 fully saturated rings. The number of amides is 1. The van der Waals surface area contributed by atoms with Crippen LogP contribution in [0, 0.1) is 6.92 Å². The van der Waals surface area contributed by atoms with Crippen LogP contribution in [0.4, 0.5) is 5.69 Å². The summed E-state index contributed by atoms with van der Waals surface area (Å²) >= 11 is 0. The molecule has 6 heteroatoms. The first kappa shape index (κ1) is 20.4. The van der Waals surface area contributed by atoms with Crippen molar-refractivity contribution in [3.8, 4) is 0 Å². The molecular formula is C22H28N2O3S. The van der Waals surface area contributed by atoms with Crippen LogP contribution in [-0.2, 0) is 10.0 Å². The van der Waals surface area contributed by atoms with E-state index in [9.17, 15) is 13.2 Å². The molecule has 28 heavy (non-hydrogen) atoms. The van der Waals surface area contributed by atoms with Gasteiger partial charge in [0.1, 0.15) is 0 Å². The fraction of sp³-hybridized carbons (Fsp3) is 0.409. The van der Waals surface area contributed by atoms with E-state index in [0.29, 0.717) is 11.3 Å². The molecule has 0 radical (unpaired) electrons. The highest BCUT2D eigenvalue weighted by atomic mass is 32.2. The highest BCUT2D eigenvalue weighted by Gasteiger charge is 2.18. The first-order valence-electron chi connectivity index (χ1n) is 9.95. The summed E-state index contributed by atoms with van der Waals surface area (Å²) in [6, 6.07) is 13.5. The molecule has 0 heterocycles. The van der Waals surface area contributed by atoms with Gasteiger partial charge in [0.15, 0.2) is 0 Å². The summed E-state index contributed by atoms with van der Waals surface area (Å²) in [5.41, 5.74) is 1.88. The third kappa shape index (κ3) is 5.35. The van der Waals surface area contributed by atoms with Gasteiger partial charge in [-0.3, -0.25) is 9.52 Å². The van der Waals surface area contributed by atoms with E-state index >= 15 is 0 Å². The van der Waals surface area contributed by atoms with Gasteiger partial charge < -0.3 is 5.32 Å². The predicted molar refractivity (Wildman–Crippen MR) is 112 cm³/mol. The first-order valence-corrected chi connectivity index (χ1v) is 11.4. The van der Waals surface area contributed by atoms with E-state index in [1.165, 1.54) is 31.4 Å². The van der Waals surface area contributed by atoms with E-state index in [4.69, 9.17) is 0 Å². The standard InChI is InChI=1S/C22H28N2O3S/c1-17-9-7-8-12-21(17)24-28(26,27)20-15-13-18(14-16-20)22(25)23-19-10-5-3-2-4-6-11-19/h7-9,12-16,19,24H,2-6,10-11H2,1H3,(H,23,25). The van der Waals surface area contributed by atoms with Crippen LogP contribution >= 0.6 is 0 Å². The summed E-state index contributed by atoms with van der Waals surface area (Å²) < 4.78 is 27.8. The molecule has 5 nitrogen and oxygen atoms in total. The summed E-state index contributed by atoms with van der Waals surface area (Å²) in [6.45, 7) is 1.85. The Bertz CT molecular complexity index is 900. The molecule has 0 spiro atoms. The van der Waals surface area contributed by atoms with Gasteiger partial charge in [0.05, 0.1) is 10.6 Å². The normalized spacial score (nSPS) is 16.0. The molecule has 0 unspecified atom stereocenters. The Morgan fingerprint density at radius 2 is 1.50 bits per heavy atom. The van der Waals surface area contributed by atoms with Crippen molar-refractivity contribution in [1.82, 2.24) is 5.32 Å². The second-order valence-corrected chi connectivity index (χ2v) is 9.14. The van der Waals surface area contributed by atoms with Gasteiger partial charge >= 0.3 is 0 Å². The number of aryl methyl sites for hydroxylation is 1. The lowest BCUT2D eigenvalue weighted by molar-refractivity contribution is 0.0930. The molecule has 1 aliphatic rings. The Morgan fingerprint density at radius 3 is 2.14 bits per heavy atom. The van der Waals surface area contributed by atoms with Crippen LogP contribution in [0.2, 0.25) is 0 Å². The van der Waals surface area contributed by atoms with Crippen LogP contribution in [0.5, 0.6) is 0 Å². The molecule has 0 bridgehead atoms. The Hall–Kier alpha value is -2.34. The quantitative estimate of drug-likeness (QED) is 0.768. The Labute approximate surface area is 167 Å². The predicted octanol–water partition coefficient (Wildman–Crippen LogP) is 4.64. The maximum Gasteiger partial charge on any atom is 0.261 e. The van der Waals surface area contributed by atoms with E-state index < -0.39 is 10.0 Å². The first-order chi connectivity index (χ1) is 13.5. The summed E-state index contributed by atoms with van der Waals surface area (Å²) in [5.74, 6) is -0.138. The van der Waals surface area contributed by atoms with Crippen molar-refractivity contribution in [3.05, 3.63) is 59.7 Å². The molecule has 1 amide bonds. The largest absolute Gasteiger partial charge is 0.349 e. The summed E-state index contributed by atoms with van der Waals surface area (Å²) in [6.07, 6.45) is 8.06. The van der Waals surface area contributed by atoms with Gasteiger partial charge in [-0.2, -0.15) is 0 Å². The molecule has 0 saturated heterocycles. The van der Waals surface area contributed by atoms with Crippen molar-refractivity contribution in [2.45, 2.75) is 62.8 Å². The maximum atomic E-state index is 12.6. The zero-order valence-electron chi connectivity index (χ0n) is 16.3. The van der Waals surface area contributed by atoms with Crippen LogP contribution in [0.15, 0.2) is 53.4 Å². The lowest BCUT2D eigenvalue weighted by Crippen LogP contribution is -2.35. The van der Waals surface area contributed by atoms with E-state index in [1.807, 2.05) is 19.1 Å². The van der Waals surface area contributed by atoms with Gasteiger partial charge in [0, 0.05) is 11.6 Å². The number of para-hydroxylation sites is 1. The molecule has 1 aliphatic carbocycles. The molecular weight excluding hydrogens is 372 g/mol. The Morgan fingerprint density at radius 1 is 0.893 bits per heavy atom. The van der Waals surface area contributed by atoms with Gasteiger partial charge in [0.25, 0.3) is 15.9 Å². The van der Waals surface area contributed by atoms with E-state index in [0.717, 1.165) is 31.2 Å². The molecule has 0 aromatic heterocycles. The van der Waals surface area contributed by atoms with Crippen LogP contribution in [0.3, 0.4) is 0 Å². The smallest absolute Gasteiger partial charge is 0.261 e. The molecule has 2 N–H and O–H groups in total. The highest BCUT2D eigenvalue weighted by molar-refractivity contribution is 7.92. The fourth-order valence-electron chi connectivity index (χ4n) is 3.55. The van der Waals surface area contributed by atoms with E-state index in [2.05, 4.69) is 10.0 Å². The summed E-state index contributed by atoms with van der Waals surface area (Å²) in [7, 11) is -3.70. The number of carbonyl (C=O) groups is 1. The number of rotatable bonds is 5. The van der Waals surface area contributed by atoms with Crippen LogP contribution in [-0.4, -0.2) is 20.4 Å². The topological polar surface area (TPSA) is 75.3 Å². The van der Waals surface area contributed by atoms with Gasteiger partial charge in [0.2, 0.25) is 0 Å². The van der Waals surface area contributed by atoms with E-state index in [-0.39, 0.29) is 16.8 Å². The molecule has 2 aromatic rings. The number of hydrogen-bond acceptors (Lipinski definition) is 3. The van der Waals surface area contributed by atoms with Crippen LogP contribution in [0.1, 0.15) is 60.9 Å². The molecule has 150 valence electrons. The minimum Gasteiger partial charge on any atom is -0.349 e. The van der Waals surface area contributed by atoms with Gasteiger partial charge in [-0.15, -0.1) is 0 Å². The molecule has 0 aliphatic heterocycles. The van der Waals surface area contributed by atoms with Gasteiger partial charge in [-0.1, -0.05) is 50.3 Å². The molecule has 2 aromatic carbocycles. The van der Waals surface area contributed by atoms with Gasteiger partial charge in [-0.25, -0.2) is 8.42 Å². The van der Waals surface area contributed by atoms with Crippen LogP contribution in [0.25, 0.3) is 0 Å². The minimum atomic E-state index is -3.70. The third-order valence-electron chi connectivity index (χ3n) is 5.26. The second-order valence-electron chi connectivity index (χ2n) is 7.46. The number of carbonyl (C=O) groups excluding carboxylic acids is 1. The molecule has 3 rings (SSSR count). The van der Waals surface area contributed by atoms with Gasteiger partial charge in [-0.05, 0) is 55.7 Å². The maximum absolute atomic E-state index is 12.6. The van der Waals surface area contributed by atoms with Crippen molar-refractivity contribution in [1.29, 1.82) is 0 Å². The molecule has 0 atom stereocenters. The number of anilines is 1. The lowest BCUT2D eigenvalue weighted by atomic mass is 9.96. The molecule has 1 saturated carbocycles. The van der Waals surface area contributed by atoms with Crippen molar-refractivity contribution in [2.75, 3.05) is 4.72 Å².